The van der Waals surface area contributed by atoms with Crippen molar-refractivity contribution in [3.8, 4) is 0 Å². The summed E-state index contributed by atoms with van der Waals surface area (Å²) in [6.07, 6.45) is -4.59. The summed E-state index contributed by atoms with van der Waals surface area (Å²) >= 11 is 8.21. The van der Waals surface area contributed by atoms with Crippen LogP contribution in [0.2, 0.25) is 5.02 Å². The fraction of sp³-hybridized carbons (Fsp3) is 0.125. The highest BCUT2D eigenvalue weighted by atomic mass is 79.9. The molecule has 0 fully saturated rings. The Morgan fingerprint density at radius 1 is 1.40 bits per heavy atom. The lowest BCUT2D eigenvalue weighted by Gasteiger charge is -2.11. The molecule has 15 heavy (non-hydrogen) atoms. The molecule has 0 unspecified atom stereocenters. The Labute approximate surface area is 96.3 Å². The van der Waals surface area contributed by atoms with Gasteiger partial charge in [-0.25, -0.2) is 0 Å². The molecule has 0 aliphatic carbocycles. The number of carbonyl (C=O) groups is 1. The van der Waals surface area contributed by atoms with E-state index in [1.165, 1.54) is 0 Å². The Hall–Kier alpha value is -0.750. The zero-order chi connectivity index (χ0) is 11.8. The Morgan fingerprint density at radius 3 is 2.33 bits per heavy atom. The molecule has 0 radical (unpaired) electrons. The van der Waals surface area contributed by atoms with Crippen LogP contribution in [0, 0.1) is 0 Å². The van der Waals surface area contributed by atoms with Gasteiger partial charge in [-0.15, -0.1) is 0 Å². The summed E-state index contributed by atoms with van der Waals surface area (Å²) < 4.78 is 37.0. The maximum atomic E-state index is 12.4. The van der Waals surface area contributed by atoms with Crippen LogP contribution in [0.5, 0.6) is 0 Å². The van der Waals surface area contributed by atoms with Gasteiger partial charge in [-0.3, -0.25) is 4.79 Å². The molecule has 2 nitrogen and oxygen atoms in total. The highest BCUT2D eigenvalue weighted by Gasteiger charge is 2.34. The minimum atomic E-state index is -4.59. The predicted octanol–water partition coefficient (Wildman–Crippen LogP) is 3.22. The lowest BCUT2D eigenvalue weighted by Crippen LogP contribution is -2.14. The van der Waals surface area contributed by atoms with E-state index in [4.69, 9.17) is 17.3 Å². The van der Waals surface area contributed by atoms with Crippen molar-refractivity contribution in [2.45, 2.75) is 6.18 Å². The molecule has 2 N–H and O–H groups in total. The Bertz CT molecular complexity index is 419. The summed E-state index contributed by atoms with van der Waals surface area (Å²) in [5, 5.41) is -0.210. The molecule has 0 atom stereocenters. The van der Waals surface area contributed by atoms with E-state index in [2.05, 4.69) is 15.9 Å². The smallest absolute Gasteiger partial charge is 0.366 e. The van der Waals surface area contributed by atoms with Gasteiger partial charge in [0.1, 0.15) is 0 Å². The molecule has 0 heterocycles. The van der Waals surface area contributed by atoms with E-state index < -0.39 is 17.6 Å². The molecule has 0 aliphatic rings. The predicted molar refractivity (Wildman–Crippen MR) is 52.7 cm³/mol. The first-order valence-corrected chi connectivity index (χ1v) is 4.76. The van der Waals surface area contributed by atoms with Crippen molar-refractivity contribution >= 4 is 33.4 Å². The van der Waals surface area contributed by atoms with Crippen molar-refractivity contribution in [1.29, 1.82) is 0 Å². The number of carbonyl (C=O) groups excluding carboxylic acids is 1. The number of primary amides is 1. The second kappa shape index (κ2) is 4.02. The lowest BCUT2D eigenvalue weighted by molar-refractivity contribution is -0.138. The molecule has 1 amide bonds. The summed E-state index contributed by atoms with van der Waals surface area (Å²) in [7, 11) is 0. The van der Waals surface area contributed by atoms with Gasteiger partial charge in [-0.05, 0) is 28.1 Å². The fourth-order valence-corrected chi connectivity index (χ4v) is 1.61. The van der Waals surface area contributed by atoms with E-state index in [1.807, 2.05) is 0 Å². The minimum absolute atomic E-state index is 0.210. The van der Waals surface area contributed by atoms with Crippen molar-refractivity contribution in [2.75, 3.05) is 0 Å². The molecule has 0 aliphatic heterocycles. The quantitative estimate of drug-likeness (QED) is 0.850. The largest absolute Gasteiger partial charge is 0.417 e. The summed E-state index contributed by atoms with van der Waals surface area (Å²) in [5.74, 6) is -0.963. The maximum Gasteiger partial charge on any atom is 0.417 e. The van der Waals surface area contributed by atoms with Crippen molar-refractivity contribution in [2.24, 2.45) is 5.73 Å². The molecule has 0 aromatic heterocycles. The number of rotatable bonds is 1. The second-order valence-electron chi connectivity index (χ2n) is 2.68. The first-order chi connectivity index (χ1) is 6.73. The van der Waals surface area contributed by atoms with Crippen LogP contribution in [0.25, 0.3) is 0 Å². The Balaban J connectivity index is 3.45. The molecular weight excluding hydrogens is 298 g/mol. The highest BCUT2D eigenvalue weighted by molar-refractivity contribution is 9.10. The zero-order valence-corrected chi connectivity index (χ0v) is 9.37. The van der Waals surface area contributed by atoms with Gasteiger partial charge in [0.05, 0.1) is 10.6 Å². The standard InChI is InChI=1S/C8H4BrClF3NO/c9-6-4(8(11,12)13)1-3(7(14)15)2-5(6)10/h1-2H,(H2,14,15). The Morgan fingerprint density at radius 2 is 1.93 bits per heavy atom. The number of halogens is 5. The number of nitrogens with two attached hydrogens (primary N) is 1. The molecular formula is C8H4BrClF3NO. The van der Waals surface area contributed by atoms with Crippen LogP contribution in [0.3, 0.4) is 0 Å². The third-order valence-corrected chi connectivity index (χ3v) is 3.00. The SMILES string of the molecule is NC(=O)c1cc(Cl)c(Br)c(C(F)(F)F)c1. The zero-order valence-electron chi connectivity index (χ0n) is 7.03. The van der Waals surface area contributed by atoms with Gasteiger partial charge in [0, 0.05) is 10.0 Å². The van der Waals surface area contributed by atoms with E-state index in [0.29, 0.717) is 6.07 Å². The third kappa shape index (κ3) is 2.63. The minimum Gasteiger partial charge on any atom is -0.366 e. The van der Waals surface area contributed by atoms with Gasteiger partial charge in [-0.1, -0.05) is 11.6 Å². The summed E-state index contributed by atoms with van der Waals surface area (Å²) in [4.78, 5) is 10.7. The van der Waals surface area contributed by atoms with Gasteiger partial charge in [0.15, 0.2) is 0 Å². The number of hydrogen-bond donors (Lipinski definition) is 1. The third-order valence-electron chi connectivity index (χ3n) is 1.62. The van der Waals surface area contributed by atoms with Crippen molar-refractivity contribution < 1.29 is 18.0 Å². The first-order valence-electron chi connectivity index (χ1n) is 3.59. The van der Waals surface area contributed by atoms with Gasteiger partial charge in [0.2, 0.25) is 5.91 Å². The number of benzene rings is 1. The van der Waals surface area contributed by atoms with Crippen molar-refractivity contribution in [3.63, 3.8) is 0 Å². The number of alkyl halides is 3. The van der Waals surface area contributed by atoms with Gasteiger partial charge in [0.25, 0.3) is 0 Å². The lowest BCUT2D eigenvalue weighted by atomic mass is 10.1. The number of hydrogen-bond acceptors (Lipinski definition) is 1. The van der Waals surface area contributed by atoms with Crippen LogP contribution in [-0.2, 0) is 6.18 Å². The van der Waals surface area contributed by atoms with Gasteiger partial charge >= 0.3 is 6.18 Å². The molecule has 0 saturated carbocycles. The topological polar surface area (TPSA) is 43.1 Å². The molecule has 0 bridgehead atoms. The van der Waals surface area contributed by atoms with E-state index in [-0.39, 0.29) is 15.1 Å². The highest BCUT2D eigenvalue weighted by Crippen LogP contribution is 2.39. The molecule has 82 valence electrons. The second-order valence-corrected chi connectivity index (χ2v) is 3.88. The maximum absolute atomic E-state index is 12.4. The van der Waals surface area contributed by atoms with Gasteiger partial charge in [-0.2, -0.15) is 13.2 Å². The summed E-state index contributed by atoms with van der Waals surface area (Å²) in [6, 6.07) is 1.72. The monoisotopic (exact) mass is 301 g/mol. The molecule has 7 heteroatoms. The Kier molecular flexibility index (Phi) is 3.30. The van der Waals surface area contributed by atoms with Crippen molar-refractivity contribution in [1.82, 2.24) is 0 Å². The molecule has 1 aromatic rings. The van der Waals surface area contributed by atoms with E-state index in [0.717, 1.165) is 6.07 Å². The van der Waals surface area contributed by atoms with Gasteiger partial charge < -0.3 is 5.73 Å². The summed E-state index contributed by atoms with van der Waals surface area (Å²) in [5.41, 5.74) is 3.56. The average molecular weight is 302 g/mol. The van der Waals surface area contributed by atoms with Crippen LogP contribution in [-0.4, -0.2) is 5.91 Å². The van der Waals surface area contributed by atoms with Crippen LogP contribution in [0.1, 0.15) is 15.9 Å². The molecule has 0 spiro atoms. The van der Waals surface area contributed by atoms with Crippen LogP contribution in [0.4, 0.5) is 13.2 Å². The fourth-order valence-electron chi connectivity index (χ4n) is 0.938. The molecule has 1 aromatic carbocycles. The van der Waals surface area contributed by atoms with E-state index in [9.17, 15) is 18.0 Å². The molecule has 1 rings (SSSR count). The molecule has 0 saturated heterocycles. The normalized spacial score (nSPS) is 11.5. The van der Waals surface area contributed by atoms with Crippen molar-refractivity contribution in [3.05, 3.63) is 32.8 Å². The van der Waals surface area contributed by atoms with Crippen LogP contribution >= 0.6 is 27.5 Å². The summed E-state index contributed by atoms with van der Waals surface area (Å²) in [6.45, 7) is 0. The number of amides is 1. The van der Waals surface area contributed by atoms with Crippen LogP contribution in [0.15, 0.2) is 16.6 Å². The van der Waals surface area contributed by atoms with Crippen LogP contribution < -0.4 is 5.73 Å². The van der Waals surface area contributed by atoms with E-state index in [1.54, 1.807) is 0 Å². The van der Waals surface area contributed by atoms with E-state index >= 15 is 0 Å². The first kappa shape index (κ1) is 12.3. The average Bonchev–Trinajstić information content (AvgIpc) is 2.06.